The molecule has 1 heterocycles. The molecule has 8 heavy (non-hydrogen) atoms. The van der Waals surface area contributed by atoms with E-state index in [0.717, 1.165) is 17.4 Å². The molecule has 0 aliphatic carbocycles. The van der Waals surface area contributed by atoms with Crippen molar-refractivity contribution in [1.82, 2.24) is 9.74 Å². The van der Waals surface area contributed by atoms with E-state index in [9.17, 15) is 4.79 Å². The summed E-state index contributed by atoms with van der Waals surface area (Å²) in [6.07, 6.45) is 0.940. The number of amides is 2. The maximum atomic E-state index is 10.5. The van der Waals surface area contributed by atoms with E-state index < -0.39 is 0 Å². The Kier molecular flexibility index (Phi) is 1.58. The van der Waals surface area contributed by atoms with Gasteiger partial charge < -0.3 is 5.32 Å². The van der Waals surface area contributed by atoms with Gasteiger partial charge in [-0.05, 0) is 6.42 Å². The Morgan fingerprint density at radius 3 is 2.88 bits per heavy atom. The minimum absolute atomic E-state index is 0.182. The van der Waals surface area contributed by atoms with Gasteiger partial charge in [0.2, 0.25) is 0 Å². The van der Waals surface area contributed by atoms with Crippen LogP contribution < -0.4 is 5.32 Å². The fourth-order valence-corrected chi connectivity index (χ4v) is 0.780. The number of urea groups is 1. The Labute approximate surface area is 52.7 Å². The van der Waals surface area contributed by atoms with Crippen LogP contribution in [0.1, 0.15) is 6.42 Å². The topological polar surface area (TPSA) is 32.3 Å². The predicted octanol–water partition coefficient (Wildman–Crippen LogP) is 0.556. The zero-order valence-electron chi connectivity index (χ0n) is 4.35. The molecule has 0 atom stereocenters. The van der Waals surface area contributed by atoms with Gasteiger partial charge in [0.15, 0.2) is 0 Å². The van der Waals surface area contributed by atoms with Gasteiger partial charge in [-0.2, -0.15) is 0 Å². The molecule has 3 nitrogen and oxygen atoms in total. The number of nitrogens with zero attached hydrogens (tertiary/aromatic N) is 1. The van der Waals surface area contributed by atoms with Crippen LogP contribution in [0.25, 0.3) is 0 Å². The first kappa shape index (κ1) is 5.69. The summed E-state index contributed by atoms with van der Waals surface area (Å²) in [5.74, 6) is 0. The first-order valence-corrected chi connectivity index (χ1v) is 2.85. The average molecular weight is 135 g/mol. The van der Waals surface area contributed by atoms with Crippen LogP contribution in [0.5, 0.6) is 0 Å². The third-order valence-electron chi connectivity index (χ3n) is 1.03. The van der Waals surface area contributed by atoms with Crippen LogP contribution in [0.2, 0.25) is 0 Å². The molecule has 0 radical (unpaired) electrons. The van der Waals surface area contributed by atoms with E-state index in [2.05, 4.69) is 5.32 Å². The number of rotatable bonds is 0. The van der Waals surface area contributed by atoms with Crippen molar-refractivity contribution in [3.63, 3.8) is 0 Å². The molecule has 1 fully saturated rings. The minimum Gasteiger partial charge on any atom is -0.337 e. The van der Waals surface area contributed by atoms with Crippen LogP contribution in [0, 0.1) is 0 Å². The second-order valence-corrected chi connectivity index (χ2v) is 2.08. The Hall–Kier alpha value is -0.440. The van der Waals surface area contributed by atoms with Gasteiger partial charge in [0, 0.05) is 24.9 Å². The van der Waals surface area contributed by atoms with Crippen LogP contribution in [0.3, 0.4) is 0 Å². The van der Waals surface area contributed by atoms with E-state index in [0.29, 0.717) is 6.54 Å². The van der Waals surface area contributed by atoms with Crippen LogP contribution >= 0.6 is 11.8 Å². The average Bonchev–Trinajstić information content (AvgIpc) is 1.77. The molecule has 0 saturated carbocycles. The van der Waals surface area contributed by atoms with E-state index in [-0.39, 0.29) is 6.03 Å². The predicted molar refractivity (Wildman–Crippen MR) is 30.6 cm³/mol. The molecule has 0 aromatic carbocycles. The van der Waals surface area contributed by atoms with Gasteiger partial charge >= 0.3 is 6.03 Å². The quantitative estimate of drug-likeness (QED) is 0.483. The van der Waals surface area contributed by atoms with Crippen LogP contribution in [0.4, 0.5) is 4.79 Å². The highest BCUT2D eigenvalue weighted by Gasteiger charge is 2.13. The van der Waals surface area contributed by atoms with E-state index in [1.807, 2.05) is 0 Å². The van der Waals surface area contributed by atoms with Gasteiger partial charge in [-0.3, -0.25) is 0 Å². The van der Waals surface area contributed by atoms with E-state index in [4.69, 9.17) is 11.8 Å². The lowest BCUT2D eigenvalue weighted by Gasteiger charge is -2.19. The standard InChI is InChI=1S/C4H7ClN2O/c5-7-3-1-2-6-4(7)8/h1-3H2,(H,6,8). The molecule has 0 aromatic heterocycles. The molecule has 0 bridgehead atoms. The Bertz CT molecular complexity index is 106. The lowest BCUT2D eigenvalue weighted by molar-refractivity contribution is 0.216. The van der Waals surface area contributed by atoms with Crippen molar-refractivity contribution in [3.8, 4) is 0 Å². The highest BCUT2D eigenvalue weighted by Crippen LogP contribution is 2.00. The first-order chi connectivity index (χ1) is 3.80. The third-order valence-corrected chi connectivity index (χ3v) is 1.35. The summed E-state index contributed by atoms with van der Waals surface area (Å²) in [5.41, 5.74) is 0. The van der Waals surface area contributed by atoms with Crippen molar-refractivity contribution in [2.24, 2.45) is 0 Å². The summed E-state index contributed by atoms with van der Waals surface area (Å²) >= 11 is 5.39. The highest BCUT2D eigenvalue weighted by atomic mass is 35.5. The first-order valence-electron chi connectivity index (χ1n) is 2.52. The van der Waals surface area contributed by atoms with Crippen molar-refractivity contribution in [1.29, 1.82) is 0 Å². The summed E-state index contributed by atoms with van der Waals surface area (Å²) in [7, 11) is 0. The molecule has 2 amide bonds. The minimum atomic E-state index is -0.182. The molecule has 46 valence electrons. The molecule has 1 N–H and O–H groups in total. The van der Waals surface area contributed by atoms with Crippen LogP contribution in [0.15, 0.2) is 0 Å². The van der Waals surface area contributed by atoms with Gasteiger partial charge in [0.05, 0.1) is 0 Å². The summed E-state index contributed by atoms with van der Waals surface area (Å²) in [4.78, 5) is 10.5. The lowest BCUT2D eigenvalue weighted by atomic mass is 10.4. The molecule has 0 aromatic rings. The SMILES string of the molecule is O=C1NCCCN1Cl. The zero-order chi connectivity index (χ0) is 5.98. The molecular formula is C4H7ClN2O. The molecule has 1 rings (SSSR count). The van der Waals surface area contributed by atoms with E-state index in [1.165, 1.54) is 0 Å². The molecule has 0 spiro atoms. The number of carbonyl (C=O) groups excluding carboxylic acids is 1. The zero-order valence-corrected chi connectivity index (χ0v) is 5.11. The maximum absolute atomic E-state index is 10.5. The number of nitrogens with one attached hydrogen (secondary N) is 1. The van der Waals surface area contributed by atoms with Gasteiger partial charge in [-0.25, -0.2) is 9.21 Å². The van der Waals surface area contributed by atoms with Crippen molar-refractivity contribution in [2.45, 2.75) is 6.42 Å². The van der Waals surface area contributed by atoms with Gasteiger partial charge in [0.25, 0.3) is 0 Å². The van der Waals surface area contributed by atoms with Crippen molar-refractivity contribution in [2.75, 3.05) is 13.1 Å². The second kappa shape index (κ2) is 2.22. The van der Waals surface area contributed by atoms with Crippen molar-refractivity contribution in [3.05, 3.63) is 0 Å². The fraction of sp³-hybridized carbons (Fsp3) is 0.750. The third kappa shape index (κ3) is 1.04. The molecule has 4 heteroatoms. The number of hydrogen-bond donors (Lipinski definition) is 1. The van der Waals surface area contributed by atoms with E-state index in [1.54, 1.807) is 0 Å². The number of hydrogen-bond acceptors (Lipinski definition) is 1. The summed E-state index contributed by atoms with van der Waals surface area (Å²) in [6, 6.07) is -0.182. The number of carbonyl (C=O) groups is 1. The van der Waals surface area contributed by atoms with Crippen LogP contribution in [-0.2, 0) is 0 Å². The number of halogens is 1. The monoisotopic (exact) mass is 134 g/mol. The summed E-state index contributed by atoms with van der Waals surface area (Å²) in [5, 5.41) is 2.59. The molecule has 0 unspecified atom stereocenters. The highest BCUT2D eigenvalue weighted by molar-refractivity contribution is 6.21. The molecule has 1 aliphatic rings. The van der Waals surface area contributed by atoms with Crippen LogP contribution in [-0.4, -0.2) is 23.5 Å². The Morgan fingerprint density at radius 1 is 1.75 bits per heavy atom. The lowest BCUT2D eigenvalue weighted by Crippen LogP contribution is -2.40. The smallest absolute Gasteiger partial charge is 0.331 e. The second-order valence-electron chi connectivity index (χ2n) is 1.67. The van der Waals surface area contributed by atoms with Gasteiger partial charge in [0.1, 0.15) is 0 Å². The molecule has 1 saturated heterocycles. The summed E-state index contributed by atoms with van der Waals surface area (Å²) in [6.45, 7) is 1.41. The normalized spacial score (nSPS) is 20.6. The Morgan fingerprint density at radius 2 is 2.50 bits per heavy atom. The molecule has 1 aliphatic heterocycles. The van der Waals surface area contributed by atoms with Gasteiger partial charge in [-0.15, -0.1) is 0 Å². The maximum Gasteiger partial charge on any atom is 0.331 e. The Balaban J connectivity index is 2.39. The largest absolute Gasteiger partial charge is 0.337 e. The summed E-state index contributed by atoms with van der Waals surface area (Å²) < 4.78 is 1.16. The van der Waals surface area contributed by atoms with E-state index >= 15 is 0 Å². The van der Waals surface area contributed by atoms with Crippen molar-refractivity contribution < 1.29 is 4.79 Å². The fourth-order valence-electron chi connectivity index (χ4n) is 0.601. The van der Waals surface area contributed by atoms with Crippen molar-refractivity contribution >= 4 is 17.8 Å². The molecular weight excluding hydrogens is 128 g/mol. The van der Waals surface area contributed by atoms with Gasteiger partial charge in [-0.1, -0.05) is 0 Å².